The third-order valence-electron chi connectivity index (χ3n) is 9.85. The number of fused-ring (bicyclic) bond motifs is 6. The molecule has 1 atom stereocenters. The summed E-state index contributed by atoms with van der Waals surface area (Å²) < 4.78 is 8.87. The van der Waals surface area contributed by atoms with Crippen molar-refractivity contribution in [3.05, 3.63) is 175 Å². The van der Waals surface area contributed by atoms with E-state index >= 15 is 0 Å². The van der Waals surface area contributed by atoms with Crippen LogP contribution >= 0.6 is 11.3 Å². The number of benzene rings is 6. The van der Waals surface area contributed by atoms with E-state index in [2.05, 4.69) is 169 Å². The number of nitrogens with zero attached hydrogens (tertiary/aromatic N) is 3. The lowest BCUT2D eigenvalue weighted by Crippen LogP contribution is -2.32. The average molecular weight is 674 g/mol. The second kappa shape index (κ2) is 12.2. The Bertz CT molecular complexity index is 2710. The lowest BCUT2D eigenvalue weighted by Gasteiger charge is -2.33. The third-order valence-corrected chi connectivity index (χ3v) is 11.0. The Morgan fingerprint density at radius 1 is 0.588 bits per heavy atom. The summed E-state index contributed by atoms with van der Waals surface area (Å²) in [4.78, 5) is 12.8. The van der Waals surface area contributed by atoms with Crippen molar-refractivity contribution in [2.24, 2.45) is 0 Å². The van der Waals surface area contributed by atoms with Gasteiger partial charge in [-0.3, -0.25) is 0 Å². The molecular formula is C46H31N3OS. The highest BCUT2D eigenvalue weighted by Gasteiger charge is 2.27. The fourth-order valence-corrected chi connectivity index (χ4v) is 8.54. The quantitative estimate of drug-likeness (QED) is 0.176. The van der Waals surface area contributed by atoms with Crippen molar-refractivity contribution >= 4 is 60.1 Å². The summed E-state index contributed by atoms with van der Waals surface area (Å²) in [5, 5.41) is 2.28. The molecule has 51 heavy (non-hydrogen) atoms. The summed E-state index contributed by atoms with van der Waals surface area (Å²) in [5.41, 5.74) is 10.8. The Kier molecular flexibility index (Phi) is 7.10. The molecule has 1 unspecified atom stereocenters. The Balaban J connectivity index is 1.03. The van der Waals surface area contributed by atoms with Gasteiger partial charge >= 0.3 is 0 Å². The molecule has 0 saturated carbocycles. The van der Waals surface area contributed by atoms with Gasteiger partial charge in [0.05, 0.1) is 22.0 Å². The van der Waals surface area contributed by atoms with Gasteiger partial charge in [-0.05, 0) is 53.6 Å². The minimum absolute atomic E-state index is 0.106. The molecule has 5 heteroatoms. The minimum Gasteiger partial charge on any atom is -0.456 e. The molecule has 6 aromatic carbocycles. The van der Waals surface area contributed by atoms with Crippen LogP contribution in [0.1, 0.15) is 11.3 Å². The van der Waals surface area contributed by atoms with Crippen molar-refractivity contribution in [1.29, 1.82) is 0 Å². The predicted molar refractivity (Wildman–Crippen MR) is 213 cm³/mol. The minimum atomic E-state index is 0.106. The van der Waals surface area contributed by atoms with Crippen LogP contribution in [-0.4, -0.2) is 16.0 Å². The molecule has 0 bridgehead atoms. The topological polar surface area (TPSA) is 42.2 Å². The Morgan fingerprint density at radius 2 is 1.24 bits per heavy atom. The van der Waals surface area contributed by atoms with E-state index in [1.165, 1.54) is 21.4 Å². The first-order chi connectivity index (χ1) is 25.3. The number of hydrogen-bond donors (Lipinski definition) is 0. The monoisotopic (exact) mass is 673 g/mol. The van der Waals surface area contributed by atoms with Crippen molar-refractivity contribution in [3.8, 4) is 33.8 Å². The summed E-state index contributed by atoms with van der Waals surface area (Å²) in [6.07, 6.45) is 5.23. The number of furan rings is 1. The van der Waals surface area contributed by atoms with Gasteiger partial charge in [0.2, 0.25) is 0 Å². The van der Waals surface area contributed by atoms with E-state index in [0.717, 1.165) is 66.9 Å². The molecular weight excluding hydrogens is 643 g/mol. The van der Waals surface area contributed by atoms with Crippen LogP contribution in [0, 0.1) is 0 Å². The molecule has 0 amide bonds. The van der Waals surface area contributed by atoms with Gasteiger partial charge in [-0.15, -0.1) is 11.3 Å². The molecule has 1 aliphatic carbocycles. The van der Waals surface area contributed by atoms with Crippen LogP contribution in [-0.2, 0) is 6.42 Å². The summed E-state index contributed by atoms with van der Waals surface area (Å²) in [6, 6.07) is 55.5. The highest BCUT2D eigenvalue weighted by Crippen LogP contribution is 2.41. The van der Waals surface area contributed by atoms with E-state index in [1.54, 1.807) is 11.3 Å². The Hall–Kier alpha value is -6.30. The van der Waals surface area contributed by atoms with Crippen LogP contribution in [0.4, 0.5) is 11.4 Å². The van der Waals surface area contributed by atoms with Gasteiger partial charge < -0.3 is 9.32 Å². The zero-order chi connectivity index (χ0) is 33.7. The van der Waals surface area contributed by atoms with E-state index in [0.29, 0.717) is 5.82 Å². The number of hydrogen-bond acceptors (Lipinski definition) is 5. The molecule has 0 saturated heterocycles. The molecule has 9 aromatic rings. The summed E-state index contributed by atoms with van der Waals surface area (Å²) in [5.74, 6) is 1.61. The van der Waals surface area contributed by atoms with Crippen molar-refractivity contribution < 1.29 is 4.42 Å². The molecule has 3 aromatic heterocycles. The first kappa shape index (κ1) is 29.6. The molecule has 0 N–H and O–H groups in total. The van der Waals surface area contributed by atoms with E-state index in [9.17, 15) is 0 Å². The smallest absolute Gasteiger partial charge is 0.160 e. The van der Waals surface area contributed by atoms with Crippen LogP contribution in [0.5, 0.6) is 0 Å². The van der Waals surface area contributed by atoms with E-state index in [4.69, 9.17) is 14.4 Å². The predicted octanol–water partition coefficient (Wildman–Crippen LogP) is 12.4. The maximum absolute atomic E-state index is 6.56. The molecule has 0 fully saturated rings. The second-order valence-electron chi connectivity index (χ2n) is 12.9. The third kappa shape index (κ3) is 5.22. The van der Waals surface area contributed by atoms with Gasteiger partial charge in [0, 0.05) is 50.0 Å². The molecule has 3 heterocycles. The van der Waals surface area contributed by atoms with Crippen LogP contribution in [0.2, 0.25) is 0 Å². The highest BCUT2D eigenvalue weighted by atomic mass is 32.1. The van der Waals surface area contributed by atoms with Gasteiger partial charge in [-0.25, -0.2) is 9.97 Å². The van der Waals surface area contributed by atoms with Crippen LogP contribution in [0.25, 0.3) is 71.1 Å². The maximum Gasteiger partial charge on any atom is 0.160 e. The fraction of sp³-hybridized carbons (Fsp3) is 0.0435. The molecule has 1 aliphatic rings. The van der Waals surface area contributed by atoms with Crippen molar-refractivity contribution in [2.75, 3.05) is 4.90 Å². The van der Waals surface area contributed by atoms with E-state index in [1.807, 2.05) is 6.07 Å². The zero-order valence-electron chi connectivity index (χ0n) is 27.6. The molecule has 0 radical (unpaired) electrons. The van der Waals surface area contributed by atoms with Gasteiger partial charge in [0.25, 0.3) is 0 Å². The van der Waals surface area contributed by atoms with E-state index < -0.39 is 0 Å². The zero-order valence-corrected chi connectivity index (χ0v) is 28.4. The highest BCUT2D eigenvalue weighted by molar-refractivity contribution is 7.26. The molecule has 4 nitrogen and oxygen atoms in total. The van der Waals surface area contributed by atoms with Crippen LogP contribution in [0.3, 0.4) is 0 Å². The largest absolute Gasteiger partial charge is 0.456 e. The van der Waals surface area contributed by atoms with Crippen molar-refractivity contribution in [2.45, 2.75) is 12.5 Å². The molecule has 0 aliphatic heterocycles. The Morgan fingerprint density at radius 3 is 2.02 bits per heavy atom. The van der Waals surface area contributed by atoms with Crippen molar-refractivity contribution in [1.82, 2.24) is 9.97 Å². The molecule has 242 valence electrons. The standard InChI is InChI=1S/C46H31N3OS/c1-4-12-30(13-5-1)31-20-23-35(24-21-31)49(34-16-8-3-9-17-34)36-25-27-40-39(29-36)37-26-22-33(28-41(37)50-40)46-47-43(32-14-6-2-7-15-32)45-44(48-46)38-18-10-11-19-42(38)51-45/h1-28,36H,29H2. The molecule has 10 rings (SSSR count). The number of para-hydroxylation sites is 1. The van der Waals surface area contributed by atoms with Gasteiger partial charge in [-0.1, -0.05) is 127 Å². The second-order valence-corrected chi connectivity index (χ2v) is 14.0. The molecule has 0 spiro atoms. The van der Waals surface area contributed by atoms with E-state index in [-0.39, 0.29) is 6.04 Å². The number of aromatic nitrogens is 2. The van der Waals surface area contributed by atoms with Crippen LogP contribution < -0.4 is 4.90 Å². The van der Waals surface area contributed by atoms with Crippen molar-refractivity contribution in [3.63, 3.8) is 0 Å². The number of rotatable bonds is 6. The first-order valence-electron chi connectivity index (χ1n) is 17.3. The fourth-order valence-electron chi connectivity index (χ4n) is 7.38. The maximum atomic E-state index is 6.56. The summed E-state index contributed by atoms with van der Waals surface area (Å²) in [7, 11) is 0. The van der Waals surface area contributed by atoms with Gasteiger partial charge in [-0.2, -0.15) is 0 Å². The number of anilines is 2. The average Bonchev–Trinajstić information content (AvgIpc) is 3.77. The van der Waals surface area contributed by atoms with Crippen LogP contribution in [0.15, 0.2) is 168 Å². The lowest BCUT2D eigenvalue weighted by molar-refractivity contribution is 0.590. The van der Waals surface area contributed by atoms with Gasteiger partial charge in [0.1, 0.15) is 11.3 Å². The Labute approximate surface area is 299 Å². The lowest BCUT2D eigenvalue weighted by atomic mass is 9.94. The summed E-state index contributed by atoms with van der Waals surface area (Å²) >= 11 is 1.75. The summed E-state index contributed by atoms with van der Waals surface area (Å²) in [6.45, 7) is 0. The SMILES string of the molecule is C1=CC(N(c2ccccc2)c2ccc(-c3ccccc3)cc2)Cc2c1oc1cc(-c3nc(-c4ccccc4)c4sc5ccccc5c4n3)ccc21. The number of thiophene rings is 1. The normalized spacial score (nSPS) is 13.9. The van der Waals surface area contributed by atoms with Gasteiger partial charge in [0.15, 0.2) is 5.82 Å². The first-order valence-corrected chi connectivity index (χ1v) is 18.1.